The average molecular weight is 487 g/mol. The van der Waals surface area contributed by atoms with Crippen molar-refractivity contribution in [2.75, 3.05) is 11.4 Å². The van der Waals surface area contributed by atoms with E-state index in [0.29, 0.717) is 36.3 Å². The number of amides is 2. The molecule has 36 heavy (non-hydrogen) atoms. The number of nitrogens with one attached hydrogen (secondary N) is 1. The first-order chi connectivity index (χ1) is 17.3. The molecule has 1 aliphatic carbocycles. The zero-order chi connectivity index (χ0) is 25.6. The van der Waals surface area contributed by atoms with Gasteiger partial charge >= 0.3 is 0 Å². The first-order valence-corrected chi connectivity index (χ1v) is 12.0. The van der Waals surface area contributed by atoms with Crippen molar-refractivity contribution in [3.63, 3.8) is 0 Å². The molecule has 2 amide bonds. The molecule has 1 fully saturated rings. The van der Waals surface area contributed by atoms with Crippen molar-refractivity contribution in [2.45, 2.75) is 45.7 Å². The molecule has 5 rings (SSSR count). The van der Waals surface area contributed by atoms with Gasteiger partial charge in [-0.2, -0.15) is 14.9 Å². The van der Waals surface area contributed by atoms with Gasteiger partial charge < -0.3 is 15.3 Å². The number of fused-ring (bicyclic) bond motifs is 2. The smallest absolute Gasteiger partial charge is 0.291 e. The highest BCUT2D eigenvalue weighted by atomic mass is 16.3. The quantitative estimate of drug-likeness (QED) is 0.514. The summed E-state index contributed by atoms with van der Waals surface area (Å²) in [5.74, 6) is -1.19. The fraction of sp³-hybridized carbons (Fsp3) is 0.346. The Kier molecular flexibility index (Phi) is 5.84. The van der Waals surface area contributed by atoms with Gasteiger partial charge in [-0.25, -0.2) is 0 Å². The summed E-state index contributed by atoms with van der Waals surface area (Å²) in [6, 6.07) is 7.39. The van der Waals surface area contributed by atoms with Crippen molar-refractivity contribution in [3.05, 3.63) is 63.1 Å². The largest absolute Gasteiger partial charge is 0.494 e. The minimum absolute atomic E-state index is 0.0230. The number of hydrogen-bond acceptors (Lipinski definition) is 6. The van der Waals surface area contributed by atoms with Crippen molar-refractivity contribution in [2.24, 2.45) is 5.92 Å². The number of anilines is 1. The predicted octanol–water partition coefficient (Wildman–Crippen LogP) is 2.22. The lowest BCUT2D eigenvalue weighted by Crippen LogP contribution is -2.34. The molecule has 0 saturated heterocycles. The maximum Gasteiger partial charge on any atom is 0.291 e. The normalized spacial score (nSPS) is 15.0. The Morgan fingerprint density at radius 2 is 2.11 bits per heavy atom. The predicted molar refractivity (Wildman–Crippen MR) is 133 cm³/mol. The summed E-state index contributed by atoms with van der Waals surface area (Å²) in [5.41, 5.74) is 1.98. The maximum atomic E-state index is 13.1. The third kappa shape index (κ3) is 4.13. The fourth-order valence-electron chi connectivity index (χ4n) is 4.50. The second kappa shape index (κ2) is 9.00. The van der Waals surface area contributed by atoms with Gasteiger partial charge in [-0.15, -0.1) is 0 Å². The molecule has 0 atom stereocenters. The molecular weight excluding hydrogens is 460 g/mol. The molecule has 0 radical (unpaired) electrons. The van der Waals surface area contributed by atoms with Gasteiger partial charge in [0, 0.05) is 36.5 Å². The average Bonchev–Trinajstić information content (AvgIpc) is 3.39. The van der Waals surface area contributed by atoms with Gasteiger partial charge in [0.1, 0.15) is 5.65 Å². The van der Waals surface area contributed by atoms with Crippen LogP contribution in [0.2, 0.25) is 0 Å². The van der Waals surface area contributed by atoms with Crippen molar-refractivity contribution in [1.29, 1.82) is 5.26 Å². The third-order valence-corrected chi connectivity index (χ3v) is 6.38. The number of rotatable bonds is 6. The highest BCUT2D eigenvalue weighted by Gasteiger charge is 2.30. The lowest BCUT2D eigenvalue weighted by Gasteiger charge is -2.17. The molecule has 0 spiro atoms. The first-order valence-electron chi connectivity index (χ1n) is 12.0. The Labute approximate surface area is 207 Å². The SMILES string of the molecule is CC(C)Cn1c(O)c(C(=O)NC2CC2)c(=O)n2ncc(C=CC(=O)N3CCc4cc(C#N)ccc43)c12. The number of aromatic hydroxyl groups is 1. The molecule has 1 saturated carbocycles. The summed E-state index contributed by atoms with van der Waals surface area (Å²) in [6.45, 7) is 4.74. The number of carbonyl (C=O) groups is 2. The summed E-state index contributed by atoms with van der Waals surface area (Å²) >= 11 is 0. The topological polar surface area (TPSA) is 133 Å². The molecule has 2 N–H and O–H groups in total. The van der Waals surface area contributed by atoms with Gasteiger partial charge in [0.15, 0.2) is 5.56 Å². The number of carbonyl (C=O) groups excluding carboxylic acids is 2. The third-order valence-electron chi connectivity index (χ3n) is 6.38. The second-order valence-electron chi connectivity index (χ2n) is 9.62. The summed E-state index contributed by atoms with van der Waals surface area (Å²) in [6.07, 6.45) is 6.76. The van der Waals surface area contributed by atoms with E-state index in [1.54, 1.807) is 29.2 Å². The standard InChI is InChI=1S/C26H26N6O4/c1-15(2)14-31-24-18(4-8-21(33)30-10-9-17-11-16(12-27)3-7-20(17)30)13-28-32(24)26(36)22(25(31)35)23(34)29-19-5-6-19/h3-4,7-8,11,13,15,19,35H,5-6,9-10,14H2,1-2H3,(H,29,34). The monoisotopic (exact) mass is 486 g/mol. The van der Waals surface area contributed by atoms with Crippen molar-refractivity contribution < 1.29 is 14.7 Å². The van der Waals surface area contributed by atoms with Gasteiger partial charge in [-0.1, -0.05) is 13.8 Å². The van der Waals surface area contributed by atoms with E-state index in [4.69, 9.17) is 5.26 Å². The van der Waals surface area contributed by atoms with Crippen LogP contribution in [0.1, 0.15) is 53.7 Å². The van der Waals surface area contributed by atoms with Gasteiger partial charge in [-0.05, 0) is 55.0 Å². The molecule has 1 aliphatic heterocycles. The minimum atomic E-state index is -0.714. The van der Waals surface area contributed by atoms with Crippen LogP contribution in [-0.4, -0.2) is 43.7 Å². The molecule has 0 bridgehead atoms. The first kappa shape index (κ1) is 23.4. The number of benzene rings is 1. The molecule has 3 aromatic rings. The fourth-order valence-corrected chi connectivity index (χ4v) is 4.50. The van der Waals surface area contributed by atoms with Crippen molar-refractivity contribution in [1.82, 2.24) is 19.5 Å². The highest BCUT2D eigenvalue weighted by Crippen LogP contribution is 2.29. The maximum absolute atomic E-state index is 13.1. The molecule has 184 valence electrons. The van der Waals surface area contributed by atoms with Gasteiger partial charge in [-0.3, -0.25) is 19.0 Å². The van der Waals surface area contributed by atoms with Crippen molar-refractivity contribution in [3.8, 4) is 11.9 Å². The highest BCUT2D eigenvalue weighted by molar-refractivity contribution is 6.05. The molecule has 10 nitrogen and oxygen atoms in total. The van der Waals surface area contributed by atoms with E-state index >= 15 is 0 Å². The molecule has 0 unspecified atom stereocenters. The zero-order valence-electron chi connectivity index (χ0n) is 20.1. The molecular formula is C26H26N6O4. The summed E-state index contributed by atoms with van der Waals surface area (Å²) < 4.78 is 2.60. The van der Waals surface area contributed by atoms with Crippen LogP contribution in [0.15, 0.2) is 35.3 Å². The molecule has 1 aromatic carbocycles. The molecule has 2 aliphatic rings. The Hall–Kier alpha value is -4.39. The van der Waals surface area contributed by atoms with E-state index in [2.05, 4.69) is 16.5 Å². The van der Waals surface area contributed by atoms with Crippen LogP contribution >= 0.6 is 0 Å². The van der Waals surface area contributed by atoms with Gasteiger partial charge in [0.05, 0.1) is 17.8 Å². The molecule has 10 heteroatoms. The number of nitriles is 1. The van der Waals surface area contributed by atoms with Crippen LogP contribution in [-0.2, 0) is 17.8 Å². The van der Waals surface area contributed by atoms with Crippen LogP contribution in [0.25, 0.3) is 11.7 Å². The van der Waals surface area contributed by atoms with Crippen LogP contribution in [0.5, 0.6) is 5.88 Å². The molecule has 2 aromatic heterocycles. The number of nitrogens with zero attached hydrogens (tertiary/aromatic N) is 5. The van der Waals surface area contributed by atoms with Crippen LogP contribution < -0.4 is 15.8 Å². The van der Waals surface area contributed by atoms with Crippen molar-refractivity contribution >= 4 is 29.2 Å². The van der Waals surface area contributed by atoms with Crippen LogP contribution in [0.3, 0.4) is 0 Å². The van der Waals surface area contributed by atoms with E-state index in [1.807, 2.05) is 13.8 Å². The minimum Gasteiger partial charge on any atom is -0.494 e. The summed E-state index contributed by atoms with van der Waals surface area (Å²) in [5, 5.41) is 27.1. The Bertz CT molecular complexity index is 1520. The van der Waals surface area contributed by atoms with Gasteiger partial charge in [0.2, 0.25) is 5.88 Å². The van der Waals surface area contributed by atoms with E-state index in [-0.39, 0.29) is 23.4 Å². The van der Waals surface area contributed by atoms with E-state index in [1.165, 1.54) is 16.8 Å². The number of aromatic nitrogens is 3. The van der Waals surface area contributed by atoms with Gasteiger partial charge in [0.25, 0.3) is 17.4 Å². The summed E-state index contributed by atoms with van der Waals surface area (Å²) in [7, 11) is 0. The van der Waals surface area contributed by atoms with Crippen LogP contribution in [0.4, 0.5) is 5.69 Å². The van der Waals surface area contributed by atoms with E-state index in [9.17, 15) is 19.5 Å². The lowest BCUT2D eigenvalue weighted by atomic mass is 10.1. The van der Waals surface area contributed by atoms with E-state index < -0.39 is 17.3 Å². The lowest BCUT2D eigenvalue weighted by molar-refractivity contribution is -0.114. The Balaban J connectivity index is 1.51. The Morgan fingerprint density at radius 3 is 2.81 bits per heavy atom. The van der Waals surface area contributed by atoms with E-state index in [0.717, 1.165) is 28.6 Å². The van der Waals surface area contributed by atoms with Crippen LogP contribution in [0, 0.1) is 17.2 Å². The number of hydrogen-bond donors (Lipinski definition) is 2. The Morgan fingerprint density at radius 1 is 1.33 bits per heavy atom. The summed E-state index contributed by atoms with van der Waals surface area (Å²) in [4.78, 5) is 40.5. The molecule has 3 heterocycles. The second-order valence-corrected chi connectivity index (χ2v) is 9.62. The zero-order valence-corrected chi connectivity index (χ0v) is 20.1.